The van der Waals surface area contributed by atoms with Crippen molar-refractivity contribution in [2.45, 2.75) is 13.0 Å². The normalized spacial score (nSPS) is 12.1. The van der Waals surface area contributed by atoms with Crippen LogP contribution in [0.15, 0.2) is 51.6 Å². The van der Waals surface area contributed by atoms with Crippen LogP contribution in [0.2, 0.25) is 0 Å². The number of nitrogens with zero attached hydrogens (tertiary/aromatic N) is 2. The largest absolute Gasteiger partial charge is 0.467 e. The van der Waals surface area contributed by atoms with Gasteiger partial charge in [-0.15, -0.1) is 0 Å². The minimum Gasteiger partial charge on any atom is -0.467 e. The summed E-state index contributed by atoms with van der Waals surface area (Å²) in [6.45, 7) is 1.75. The monoisotopic (exact) mass is 313 g/mol. The summed E-state index contributed by atoms with van der Waals surface area (Å²) < 4.78 is 10.0. The molecule has 1 amide bonds. The smallest absolute Gasteiger partial charge is 0.251 e. The Kier molecular flexibility index (Phi) is 4.20. The number of aliphatic hydroxyl groups excluding tert-OH is 1. The fourth-order valence-corrected chi connectivity index (χ4v) is 2.09. The standard InChI is InChI=1S/C16H15N3O4/c1-10-18-15(19-23-10)11-4-2-5-12(8-11)16(21)17-9-13(20)14-6-3-7-22-14/h2-8,13,20H,9H2,1H3,(H,17,21). The molecule has 0 spiro atoms. The van der Waals surface area contributed by atoms with E-state index in [0.29, 0.717) is 28.6 Å². The van der Waals surface area contributed by atoms with E-state index in [-0.39, 0.29) is 12.5 Å². The van der Waals surface area contributed by atoms with E-state index in [1.54, 1.807) is 43.3 Å². The first-order valence-electron chi connectivity index (χ1n) is 7.04. The number of hydrogen-bond donors (Lipinski definition) is 2. The molecule has 2 aromatic heterocycles. The third-order valence-electron chi connectivity index (χ3n) is 3.24. The van der Waals surface area contributed by atoms with E-state index in [1.807, 2.05) is 0 Å². The lowest BCUT2D eigenvalue weighted by atomic mass is 10.1. The summed E-state index contributed by atoms with van der Waals surface area (Å²) in [7, 11) is 0. The lowest BCUT2D eigenvalue weighted by Gasteiger charge is -2.10. The third-order valence-corrected chi connectivity index (χ3v) is 3.24. The van der Waals surface area contributed by atoms with Crippen molar-refractivity contribution in [3.05, 3.63) is 59.9 Å². The number of aromatic nitrogens is 2. The van der Waals surface area contributed by atoms with Crippen LogP contribution < -0.4 is 5.32 Å². The van der Waals surface area contributed by atoms with Gasteiger partial charge in [0, 0.05) is 18.1 Å². The minimum atomic E-state index is -0.892. The van der Waals surface area contributed by atoms with Crippen molar-refractivity contribution < 1.29 is 18.8 Å². The number of aryl methyl sites for hydroxylation is 1. The van der Waals surface area contributed by atoms with Gasteiger partial charge in [0.15, 0.2) is 0 Å². The molecule has 1 aromatic carbocycles. The summed E-state index contributed by atoms with van der Waals surface area (Å²) in [6, 6.07) is 10.2. The van der Waals surface area contributed by atoms with E-state index in [9.17, 15) is 9.90 Å². The highest BCUT2D eigenvalue weighted by molar-refractivity contribution is 5.95. The van der Waals surface area contributed by atoms with Crippen molar-refractivity contribution in [2.75, 3.05) is 6.54 Å². The first kappa shape index (κ1) is 15.0. The van der Waals surface area contributed by atoms with Gasteiger partial charge in [0.25, 0.3) is 5.91 Å². The van der Waals surface area contributed by atoms with E-state index in [1.165, 1.54) is 6.26 Å². The molecular weight excluding hydrogens is 298 g/mol. The molecule has 3 aromatic rings. The molecule has 23 heavy (non-hydrogen) atoms. The quantitative estimate of drug-likeness (QED) is 0.748. The second-order valence-corrected chi connectivity index (χ2v) is 4.96. The van der Waals surface area contributed by atoms with E-state index in [2.05, 4.69) is 15.5 Å². The van der Waals surface area contributed by atoms with Crippen LogP contribution in [0.4, 0.5) is 0 Å². The molecule has 0 aliphatic rings. The molecule has 2 N–H and O–H groups in total. The summed E-state index contributed by atoms with van der Waals surface area (Å²) in [4.78, 5) is 16.3. The zero-order valence-electron chi connectivity index (χ0n) is 12.4. The SMILES string of the molecule is Cc1nc(-c2cccc(C(=O)NCC(O)c3ccco3)c2)no1. The van der Waals surface area contributed by atoms with Gasteiger partial charge in [0.05, 0.1) is 12.8 Å². The van der Waals surface area contributed by atoms with Gasteiger partial charge < -0.3 is 19.4 Å². The Morgan fingerprint density at radius 1 is 1.35 bits per heavy atom. The zero-order chi connectivity index (χ0) is 16.2. The van der Waals surface area contributed by atoms with Crippen LogP contribution in [0.1, 0.15) is 28.1 Å². The number of rotatable bonds is 5. The molecule has 2 heterocycles. The van der Waals surface area contributed by atoms with Crippen LogP contribution >= 0.6 is 0 Å². The molecule has 0 bridgehead atoms. The maximum atomic E-state index is 12.2. The predicted molar refractivity (Wildman–Crippen MR) is 80.5 cm³/mol. The number of amides is 1. The molecule has 0 saturated carbocycles. The van der Waals surface area contributed by atoms with Crippen molar-refractivity contribution in [1.82, 2.24) is 15.5 Å². The van der Waals surface area contributed by atoms with Crippen LogP contribution in [0.5, 0.6) is 0 Å². The number of aliphatic hydroxyl groups is 1. The Balaban J connectivity index is 1.68. The van der Waals surface area contributed by atoms with E-state index < -0.39 is 6.10 Å². The van der Waals surface area contributed by atoms with Crippen molar-refractivity contribution >= 4 is 5.91 Å². The molecule has 0 saturated heterocycles. The highest BCUT2D eigenvalue weighted by atomic mass is 16.5. The van der Waals surface area contributed by atoms with Gasteiger partial charge in [-0.25, -0.2) is 0 Å². The summed E-state index contributed by atoms with van der Waals surface area (Å²) in [5, 5.41) is 16.4. The fraction of sp³-hybridized carbons (Fsp3) is 0.188. The summed E-state index contributed by atoms with van der Waals surface area (Å²) in [5.74, 6) is 0.975. The van der Waals surface area contributed by atoms with Gasteiger partial charge in [0.2, 0.25) is 11.7 Å². The maximum Gasteiger partial charge on any atom is 0.251 e. The van der Waals surface area contributed by atoms with Gasteiger partial charge in [0.1, 0.15) is 11.9 Å². The van der Waals surface area contributed by atoms with E-state index in [4.69, 9.17) is 8.94 Å². The van der Waals surface area contributed by atoms with Crippen LogP contribution in [0.3, 0.4) is 0 Å². The zero-order valence-corrected chi connectivity index (χ0v) is 12.4. The fourth-order valence-electron chi connectivity index (χ4n) is 2.09. The second kappa shape index (κ2) is 6.45. The Hall–Kier alpha value is -2.93. The Morgan fingerprint density at radius 2 is 2.22 bits per heavy atom. The molecule has 3 rings (SSSR count). The lowest BCUT2D eigenvalue weighted by molar-refractivity contribution is 0.0901. The molecule has 118 valence electrons. The van der Waals surface area contributed by atoms with Crippen molar-refractivity contribution in [3.8, 4) is 11.4 Å². The lowest BCUT2D eigenvalue weighted by Crippen LogP contribution is -2.28. The highest BCUT2D eigenvalue weighted by Crippen LogP contribution is 2.17. The molecule has 7 nitrogen and oxygen atoms in total. The molecule has 1 atom stereocenters. The molecule has 1 unspecified atom stereocenters. The van der Waals surface area contributed by atoms with Gasteiger partial charge >= 0.3 is 0 Å². The van der Waals surface area contributed by atoms with Crippen molar-refractivity contribution in [2.24, 2.45) is 0 Å². The van der Waals surface area contributed by atoms with E-state index in [0.717, 1.165) is 0 Å². The highest BCUT2D eigenvalue weighted by Gasteiger charge is 2.14. The second-order valence-electron chi connectivity index (χ2n) is 4.96. The van der Waals surface area contributed by atoms with Crippen LogP contribution in [-0.4, -0.2) is 27.7 Å². The number of nitrogens with one attached hydrogen (secondary N) is 1. The number of furan rings is 1. The minimum absolute atomic E-state index is 0.0535. The first-order valence-corrected chi connectivity index (χ1v) is 7.04. The summed E-state index contributed by atoms with van der Waals surface area (Å²) >= 11 is 0. The van der Waals surface area contributed by atoms with Crippen LogP contribution in [0, 0.1) is 6.92 Å². The summed E-state index contributed by atoms with van der Waals surface area (Å²) in [6.07, 6.45) is 0.577. The average Bonchev–Trinajstić information content (AvgIpc) is 3.24. The van der Waals surface area contributed by atoms with Gasteiger partial charge in [-0.05, 0) is 24.3 Å². The van der Waals surface area contributed by atoms with Crippen molar-refractivity contribution in [1.29, 1.82) is 0 Å². The molecule has 7 heteroatoms. The molecule has 0 fully saturated rings. The molecule has 0 radical (unpaired) electrons. The maximum absolute atomic E-state index is 12.2. The molecular formula is C16H15N3O4. The number of benzene rings is 1. The Bertz CT molecular complexity index is 795. The number of carbonyl (C=O) groups is 1. The third kappa shape index (κ3) is 3.46. The van der Waals surface area contributed by atoms with Crippen molar-refractivity contribution in [3.63, 3.8) is 0 Å². The van der Waals surface area contributed by atoms with Gasteiger partial charge in [-0.2, -0.15) is 4.98 Å². The van der Waals surface area contributed by atoms with Gasteiger partial charge in [-0.1, -0.05) is 17.3 Å². The van der Waals surface area contributed by atoms with Crippen LogP contribution in [0.25, 0.3) is 11.4 Å². The number of hydrogen-bond acceptors (Lipinski definition) is 6. The summed E-state index contributed by atoms with van der Waals surface area (Å²) in [5.41, 5.74) is 1.12. The van der Waals surface area contributed by atoms with E-state index >= 15 is 0 Å². The van der Waals surface area contributed by atoms with Gasteiger partial charge in [-0.3, -0.25) is 4.79 Å². The molecule has 0 aliphatic heterocycles. The first-order chi connectivity index (χ1) is 11.1. The van der Waals surface area contributed by atoms with Crippen LogP contribution in [-0.2, 0) is 0 Å². The predicted octanol–water partition coefficient (Wildman–Crippen LogP) is 2.10. The Labute approximate surface area is 131 Å². The Morgan fingerprint density at radius 3 is 2.91 bits per heavy atom. The average molecular weight is 313 g/mol. The number of carbonyl (C=O) groups excluding carboxylic acids is 1. The molecule has 0 aliphatic carbocycles. The topological polar surface area (TPSA) is 101 Å².